The zero-order valence-electron chi connectivity index (χ0n) is 25.6. The molecule has 0 spiro atoms. The minimum Gasteiger partial charge on any atom is -0.456 e. The number of aryl methyl sites for hydroxylation is 1. The van der Waals surface area contributed by atoms with Crippen LogP contribution in [0.15, 0.2) is 54.9 Å². The lowest BCUT2D eigenvalue weighted by Crippen LogP contribution is -2.45. The summed E-state index contributed by atoms with van der Waals surface area (Å²) in [6, 6.07) is 12.2. The summed E-state index contributed by atoms with van der Waals surface area (Å²) in [6.45, 7) is 7.05. The molecule has 1 aliphatic rings. The van der Waals surface area contributed by atoms with Gasteiger partial charge in [-0.15, -0.1) is 0 Å². The van der Waals surface area contributed by atoms with Crippen LogP contribution in [0.1, 0.15) is 49.0 Å². The van der Waals surface area contributed by atoms with E-state index in [2.05, 4.69) is 30.8 Å². The molecule has 1 saturated heterocycles. The van der Waals surface area contributed by atoms with Crippen LogP contribution in [0.4, 0.5) is 11.6 Å². The molecule has 1 atom stereocenters. The molecule has 3 N–H and O–H groups in total. The van der Waals surface area contributed by atoms with Crippen molar-refractivity contribution >= 4 is 42.1 Å². The number of fused-ring (bicyclic) bond motifs is 1. The van der Waals surface area contributed by atoms with E-state index in [-0.39, 0.29) is 43.7 Å². The van der Waals surface area contributed by atoms with E-state index in [1.54, 1.807) is 67.5 Å². The highest BCUT2D eigenvalue weighted by Crippen LogP contribution is 2.48. The number of ether oxygens (including phenoxy) is 1. The van der Waals surface area contributed by atoms with Gasteiger partial charge in [-0.25, -0.2) is 9.97 Å². The Kier molecular flexibility index (Phi) is 10.4. The number of aromatic amines is 1. The number of hydrogen-bond acceptors (Lipinski definition) is 10. The van der Waals surface area contributed by atoms with Crippen molar-refractivity contribution in [3.05, 3.63) is 66.0 Å². The molecule has 3 aromatic heterocycles. The fraction of sp³-hybridized carbons (Fsp3) is 0.387. The number of aromatic nitrogens is 4. The van der Waals surface area contributed by atoms with Gasteiger partial charge in [0, 0.05) is 49.6 Å². The molecule has 14 heteroatoms. The number of nitrogens with zero attached hydrogens (tertiary/aromatic N) is 4. The Morgan fingerprint density at radius 2 is 1.82 bits per heavy atom. The number of anilines is 2. The maximum absolute atomic E-state index is 13.0. The highest BCUT2D eigenvalue weighted by Gasteiger charge is 2.29. The van der Waals surface area contributed by atoms with E-state index in [9.17, 15) is 14.2 Å². The number of benzene rings is 1. The number of pyridine rings is 2. The summed E-state index contributed by atoms with van der Waals surface area (Å²) in [4.78, 5) is 36.1. The Morgan fingerprint density at radius 1 is 1.07 bits per heavy atom. The predicted octanol–water partition coefficient (Wildman–Crippen LogP) is 5.77. The Morgan fingerprint density at radius 3 is 2.56 bits per heavy atom. The lowest BCUT2D eigenvalue weighted by atomic mass is 10.1. The Labute approximate surface area is 261 Å². The van der Waals surface area contributed by atoms with E-state index in [1.165, 1.54) is 0 Å². The first-order valence-corrected chi connectivity index (χ1v) is 16.8. The van der Waals surface area contributed by atoms with Crippen LogP contribution in [-0.2, 0) is 18.4 Å². The topological polar surface area (TPSA) is 161 Å². The van der Waals surface area contributed by atoms with Crippen LogP contribution in [0.5, 0.6) is 11.5 Å². The van der Waals surface area contributed by atoms with Gasteiger partial charge >= 0.3 is 7.60 Å². The molecular formula is C31H38N7O6P. The summed E-state index contributed by atoms with van der Waals surface area (Å²) in [5.41, 5.74) is 2.01. The average molecular weight is 636 g/mol. The summed E-state index contributed by atoms with van der Waals surface area (Å²) in [5.74, 6) is 1.75. The van der Waals surface area contributed by atoms with E-state index in [0.29, 0.717) is 52.8 Å². The summed E-state index contributed by atoms with van der Waals surface area (Å²) >= 11 is 0. The number of rotatable bonds is 13. The number of likely N-dealkylation sites (tertiary alicyclic amines) is 1. The largest absolute Gasteiger partial charge is 0.456 e. The van der Waals surface area contributed by atoms with Crippen molar-refractivity contribution < 1.29 is 27.9 Å². The fourth-order valence-electron chi connectivity index (χ4n) is 5.17. The van der Waals surface area contributed by atoms with Crippen LogP contribution >= 0.6 is 7.60 Å². The summed E-state index contributed by atoms with van der Waals surface area (Å²) in [6.07, 6.45) is 5.05. The molecular weight excluding hydrogens is 597 g/mol. The minimum absolute atomic E-state index is 0.0497. The van der Waals surface area contributed by atoms with Crippen molar-refractivity contribution in [1.82, 2.24) is 25.1 Å². The van der Waals surface area contributed by atoms with E-state index < -0.39 is 7.60 Å². The molecule has 5 rings (SSSR count). The van der Waals surface area contributed by atoms with Gasteiger partial charge in [0.2, 0.25) is 5.91 Å². The second kappa shape index (κ2) is 14.6. The van der Waals surface area contributed by atoms with Gasteiger partial charge in [-0.1, -0.05) is 0 Å². The van der Waals surface area contributed by atoms with Gasteiger partial charge in [-0.2, -0.15) is 5.10 Å². The monoisotopic (exact) mass is 635 g/mol. The zero-order valence-corrected chi connectivity index (χ0v) is 26.5. The van der Waals surface area contributed by atoms with Crippen molar-refractivity contribution in [1.29, 1.82) is 0 Å². The highest BCUT2D eigenvalue weighted by atomic mass is 31.2. The van der Waals surface area contributed by atoms with Crippen LogP contribution in [0.2, 0.25) is 0 Å². The van der Waals surface area contributed by atoms with E-state index >= 15 is 0 Å². The smallest absolute Gasteiger partial charge is 0.331 e. The maximum atomic E-state index is 13.0. The number of amides is 2. The molecule has 2 amide bonds. The second-order valence-electron chi connectivity index (χ2n) is 10.6. The van der Waals surface area contributed by atoms with Gasteiger partial charge in [0.05, 0.1) is 19.4 Å². The molecule has 0 aliphatic carbocycles. The third kappa shape index (κ3) is 8.24. The standard InChI is InChI=1S/C31H38N7O6P/c1-4-42-45(41,43-5-2)18-14-27(39)38-17-6-7-23(20-38)34-30-28-25(13-16-33-29(28)36-37-30)44-24-10-8-22(9-11-24)31(40)35-26-19-21(3)12-15-32-26/h8-13,15-16,19,23H,4-7,14,17-18,20H2,1-3H3,(H,32,35,40)(H2,33,34,36,37)/t23-/m1/s1. The summed E-state index contributed by atoms with van der Waals surface area (Å²) < 4.78 is 29.7. The number of carbonyl (C=O) groups is 2. The van der Waals surface area contributed by atoms with Crippen LogP contribution in [-0.4, -0.2) is 75.4 Å². The van der Waals surface area contributed by atoms with Crippen LogP contribution < -0.4 is 15.4 Å². The number of H-pyrrole nitrogens is 1. The average Bonchev–Trinajstić information content (AvgIpc) is 3.44. The van der Waals surface area contributed by atoms with Gasteiger partial charge < -0.3 is 29.3 Å². The molecule has 0 bridgehead atoms. The van der Waals surface area contributed by atoms with E-state index in [0.717, 1.165) is 18.4 Å². The molecule has 1 aliphatic heterocycles. The molecule has 45 heavy (non-hydrogen) atoms. The predicted molar refractivity (Wildman–Crippen MR) is 171 cm³/mol. The Hall–Kier alpha value is -4.32. The lowest BCUT2D eigenvalue weighted by Gasteiger charge is -2.33. The lowest BCUT2D eigenvalue weighted by molar-refractivity contribution is -0.131. The fourth-order valence-corrected chi connectivity index (χ4v) is 6.76. The van der Waals surface area contributed by atoms with Crippen LogP contribution in [0.3, 0.4) is 0 Å². The number of carbonyl (C=O) groups excluding carboxylic acids is 2. The van der Waals surface area contributed by atoms with Crippen LogP contribution in [0, 0.1) is 6.92 Å². The van der Waals surface area contributed by atoms with Crippen molar-refractivity contribution in [3.63, 3.8) is 0 Å². The molecule has 0 saturated carbocycles. The van der Waals surface area contributed by atoms with Gasteiger partial charge in [0.15, 0.2) is 11.5 Å². The van der Waals surface area contributed by atoms with Crippen molar-refractivity contribution in [3.8, 4) is 11.5 Å². The minimum atomic E-state index is -3.29. The van der Waals surface area contributed by atoms with Gasteiger partial charge in [-0.3, -0.25) is 19.3 Å². The molecule has 1 aromatic carbocycles. The van der Waals surface area contributed by atoms with Crippen molar-refractivity contribution in [2.75, 3.05) is 43.1 Å². The second-order valence-corrected chi connectivity index (χ2v) is 12.8. The third-order valence-corrected chi connectivity index (χ3v) is 9.37. The molecule has 4 aromatic rings. The molecule has 13 nitrogen and oxygen atoms in total. The number of piperidine rings is 1. The zero-order chi connectivity index (χ0) is 31.8. The molecule has 0 radical (unpaired) electrons. The maximum Gasteiger partial charge on any atom is 0.331 e. The van der Waals surface area contributed by atoms with Gasteiger partial charge in [0.25, 0.3) is 5.91 Å². The first kappa shape index (κ1) is 32.1. The van der Waals surface area contributed by atoms with Crippen molar-refractivity contribution in [2.45, 2.75) is 46.1 Å². The van der Waals surface area contributed by atoms with Gasteiger partial charge in [-0.05, 0) is 75.6 Å². The third-order valence-electron chi connectivity index (χ3n) is 7.29. The Bertz CT molecular complexity index is 1670. The number of nitrogens with one attached hydrogen (secondary N) is 3. The van der Waals surface area contributed by atoms with Crippen LogP contribution in [0.25, 0.3) is 11.0 Å². The van der Waals surface area contributed by atoms with E-state index in [4.69, 9.17) is 13.8 Å². The molecule has 238 valence electrons. The first-order chi connectivity index (χ1) is 21.8. The molecule has 1 fully saturated rings. The molecule has 0 unspecified atom stereocenters. The quantitative estimate of drug-likeness (QED) is 0.154. The summed E-state index contributed by atoms with van der Waals surface area (Å²) in [5, 5.41) is 14.3. The van der Waals surface area contributed by atoms with Gasteiger partial charge in [0.1, 0.15) is 22.7 Å². The highest BCUT2D eigenvalue weighted by molar-refractivity contribution is 7.53. The molecule has 4 heterocycles. The SMILES string of the molecule is CCOP(=O)(CCC(=O)N1CCC[C@@H](Nc2n[nH]c3nccc(Oc4ccc(C(=O)Nc5cc(C)ccn5)cc4)c23)C1)OCC. The van der Waals surface area contributed by atoms with E-state index in [1.807, 2.05) is 13.0 Å². The summed E-state index contributed by atoms with van der Waals surface area (Å²) in [7, 11) is -3.29. The first-order valence-electron chi connectivity index (χ1n) is 15.0. The Balaban J connectivity index is 1.23. The normalized spacial score (nSPS) is 15.2. The number of hydrogen-bond donors (Lipinski definition) is 3. The van der Waals surface area contributed by atoms with Crippen molar-refractivity contribution in [2.24, 2.45) is 0 Å².